The first-order chi connectivity index (χ1) is 11.3. The van der Waals surface area contributed by atoms with Crippen LogP contribution in [0.2, 0.25) is 0 Å². The summed E-state index contributed by atoms with van der Waals surface area (Å²) < 4.78 is 10.9. The minimum absolute atomic E-state index is 0.166. The summed E-state index contributed by atoms with van der Waals surface area (Å²) >= 11 is 1.69. The predicted molar refractivity (Wildman–Crippen MR) is 84.8 cm³/mol. The molecule has 0 amide bonds. The third-order valence-corrected chi connectivity index (χ3v) is 4.97. The molecule has 2 aromatic rings. The van der Waals surface area contributed by atoms with Gasteiger partial charge in [0.15, 0.2) is 11.6 Å². The standard InChI is InChI=1S/C15H21N5O2S/c1-23-9-12-16-13(21-18-12)8-20-7-3-2-4-11(20)15-17-14(19-22-15)10-5-6-10/h10-11H,2-9H2,1H3. The first kappa shape index (κ1) is 15.1. The first-order valence-electron chi connectivity index (χ1n) is 8.21. The Labute approximate surface area is 139 Å². The molecule has 1 unspecified atom stereocenters. The topological polar surface area (TPSA) is 81.1 Å². The van der Waals surface area contributed by atoms with E-state index in [9.17, 15) is 0 Å². The number of thioether (sulfide) groups is 1. The maximum Gasteiger partial charge on any atom is 0.244 e. The van der Waals surface area contributed by atoms with Crippen LogP contribution in [0.4, 0.5) is 0 Å². The molecule has 23 heavy (non-hydrogen) atoms. The SMILES string of the molecule is CSCc1noc(CN2CCCCC2c2nc(C3CC3)no2)n1. The van der Waals surface area contributed by atoms with Crippen molar-refractivity contribution < 1.29 is 9.05 Å². The van der Waals surface area contributed by atoms with Crippen LogP contribution in [0.25, 0.3) is 0 Å². The van der Waals surface area contributed by atoms with Crippen LogP contribution in [0.15, 0.2) is 9.05 Å². The van der Waals surface area contributed by atoms with Gasteiger partial charge in [-0.25, -0.2) is 0 Å². The van der Waals surface area contributed by atoms with Crippen molar-refractivity contribution in [3.63, 3.8) is 0 Å². The third-order valence-electron chi connectivity index (χ3n) is 4.42. The summed E-state index contributed by atoms with van der Waals surface area (Å²) in [5, 5.41) is 8.18. The summed E-state index contributed by atoms with van der Waals surface area (Å²) in [6, 6.07) is 0.166. The zero-order chi connectivity index (χ0) is 15.6. The van der Waals surface area contributed by atoms with Crippen LogP contribution in [0.1, 0.15) is 67.5 Å². The fourth-order valence-electron chi connectivity index (χ4n) is 3.07. The molecule has 1 aliphatic carbocycles. The van der Waals surface area contributed by atoms with Crippen molar-refractivity contribution >= 4 is 11.8 Å². The number of nitrogens with zero attached hydrogens (tertiary/aromatic N) is 5. The Hall–Kier alpha value is -1.41. The molecule has 2 aromatic heterocycles. The van der Waals surface area contributed by atoms with E-state index in [1.54, 1.807) is 11.8 Å². The molecule has 8 heteroatoms. The molecule has 0 bridgehead atoms. The molecule has 1 saturated heterocycles. The van der Waals surface area contributed by atoms with Gasteiger partial charge in [0.05, 0.1) is 18.3 Å². The lowest BCUT2D eigenvalue weighted by atomic mass is 10.0. The van der Waals surface area contributed by atoms with Crippen LogP contribution in [-0.4, -0.2) is 38.0 Å². The van der Waals surface area contributed by atoms with Gasteiger partial charge in [-0.1, -0.05) is 16.7 Å². The van der Waals surface area contributed by atoms with E-state index in [4.69, 9.17) is 9.05 Å². The van der Waals surface area contributed by atoms with E-state index in [1.807, 2.05) is 6.26 Å². The molecule has 1 atom stereocenters. The summed E-state index contributed by atoms with van der Waals surface area (Å²) in [4.78, 5) is 11.4. The summed E-state index contributed by atoms with van der Waals surface area (Å²) in [5.41, 5.74) is 0. The quantitative estimate of drug-likeness (QED) is 0.797. The van der Waals surface area contributed by atoms with Crippen molar-refractivity contribution in [1.29, 1.82) is 0 Å². The van der Waals surface area contributed by atoms with E-state index in [1.165, 1.54) is 25.7 Å². The Morgan fingerprint density at radius 2 is 2.04 bits per heavy atom. The van der Waals surface area contributed by atoms with E-state index in [0.717, 1.165) is 36.3 Å². The Bertz CT molecular complexity index is 654. The lowest BCUT2D eigenvalue weighted by Gasteiger charge is -2.31. The van der Waals surface area contributed by atoms with Gasteiger partial charge in [0.25, 0.3) is 0 Å². The van der Waals surface area contributed by atoms with Gasteiger partial charge in [-0.15, -0.1) is 0 Å². The van der Waals surface area contributed by atoms with Gasteiger partial charge in [-0.3, -0.25) is 4.90 Å². The number of hydrogen-bond donors (Lipinski definition) is 0. The molecule has 0 aromatic carbocycles. The average Bonchev–Trinajstić information content (AvgIpc) is 3.13. The van der Waals surface area contributed by atoms with Crippen molar-refractivity contribution in [2.24, 2.45) is 0 Å². The van der Waals surface area contributed by atoms with Crippen LogP contribution >= 0.6 is 11.8 Å². The van der Waals surface area contributed by atoms with Gasteiger partial charge in [0.1, 0.15) is 0 Å². The molecule has 2 fully saturated rings. The highest BCUT2D eigenvalue weighted by molar-refractivity contribution is 7.97. The molecule has 4 rings (SSSR count). The summed E-state index contributed by atoms with van der Waals surface area (Å²) in [5.74, 6) is 4.36. The van der Waals surface area contributed by atoms with E-state index in [2.05, 4.69) is 25.2 Å². The maximum atomic E-state index is 5.54. The Balaban J connectivity index is 1.47. The molecule has 1 saturated carbocycles. The number of piperidine rings is 1. The second-order valence-electron chi connectivity index (χ2n) is 6.28. The van der Waals surface area contributed by atoms with E-state index in [0.29, 0.717) is 18.4 Å². The van der Waals surface area contributed by atoms with Gasteiger partial charge >= 0.3 is 0 Å². The number of likely N-dealkylation sites (tertiary alicyclic amines) is 1. The largest absolute Gasteiger partial charge is 0.338 e. The smallest absolute Gasteiger partial charge is 0.244 e. The van der Waals surface area contributed by atoms with Gasteiger partial charge < -0.3 is 9.05 Å². The van der Waals surface area contributed by atoms with Crippen molar-refractivity contribution in [3.05, 3.63) is 23.4 Å². The fraction of sp³-hybridized carbons (Fsp3) is 0.733. The van der Waals surface area contributed by atoms with E-state index >= 15 is 0 Å². The Morgan fingerprint density at radius 1 is 1.13 bits per heavy atom. The normalized spacial score (nSPS) is 22.6. The Kier molecular flexibility index (Phi) is 4.35. The van der Waals surface area contributed by atoms with Gasteiger partial charge in [0.2, 0.25) is 11.8 Å². The molecule has 0 N–H and O–H groups in total. The van der Waals surface area contributed by atoms with Crippen LogP contribution in [0.3, 0.4) is 0 Å². The summed E-state index contributed by atoms with van der Waals surface area (Å²) in [6.07, 6.45) is 7.80. The van der Waals surface area contributed by atoms with Gasteiger partial charge in [-0.2, -0.15) is 21.7 Å². The van der Waals surface area contributed by atoms with E-state index < -0.39 is 0 Å². The minimum atomic E-state index is 0.166. The van der Waals surface area contributed by atoms with Crippen LogP contribution in [0.5, 0.6) is 0 Å². The van der Waals surface area contributed by atoms with Crippen molar-refractivity contribution in [2.45, 2.75) is 56.4 Å². The highest BCUT2D eigenvalue weighted by Gasteiger charge is 2.33. The van der Waals surface area contributed by atoms with Crippen LogP contribution in [0, 0.1) is 0 Å². The fourth-order valence-corrected chi connectivity index (χ4v) is 3.44. The number of hydrogen-bond acceptors (Lipinski definition) is 8. The van der Waals surface area contributed by atoms with Gasteiger partial charge in [-0.05, 0) is 38.5 Å². The lowest BCUT2D eigenvalue weighted by molar-refractivity contribution is 0.0985. The highest BCUT2D eigenvalue weighted by atomic mass is 32.2. The second kappa shape index (κ2) is 6.60. The van der Waals surface area contributed by atoms with Crippen molar-refractivity contribution in [2.75, 3.05) is 12.8 Å². The molecular weight excluding hydrogens is 314 g/mol. The molecule has 124 valence electrons. The van der Waals surface area contributed by atoms with Crippen LogP contribution in [-0.2, 0) is 12.3 Å². The monoisotopic (exact) mass is 335 g/mol. The highest BCUT2D eigenvalue weighted by Crippen LogP contribution is 2.39. The molecular formula is C15H21N5O2S. The minimum Gasteiger partial charge on any atom is -0.338 e. The Morgan fingerprint density at radius 3 is 2.87 bits per heavy atom. The third kappa shape index (κ3) is 3.42. The predicted octanol–water partition coefficient (Wildman–Crippen LogP) is 2.92. The van der Waals surface area contributed by atoms with Crippen molar-refractivity contribution in [1.82, 2.24) is 25.2 Å². The summed E-state index contributed by atoms with van der Waals surface area (Å²) in [6.45, 7) is 1.64. The average molecular weight is 335 g/mol. The maximum absolute atomic E-state index is 5.54. The molecule has 0 radical (unpaired) electrons. The second-order valence-corrected chi connectivity index (χ2v) is 7.15. The molecule has 7 nitrogen and oxygen atoms in total. The first-order valence-corrected chi connectivity index (χ1v) is 9.61. The van der Waals surface area contributed by atoms with Crippen LogP contribution < -0.4 is 0 Å². The molecule has 1 aliphatic heterocycles. The van der Waals surface area contributed by atoms with E-state index in [-0.39, 0.29) is 6.04 Å². The number of rotatable bonds is 6. The molecule has 0 spiro atoms. The molecule has 2 aliphatic rings. The lowest BCUT2D eigenvalue weighted by Crippen LogP contribution is -2.33. The number of aromatic nitrogens is 4. The zero-order valence-corrected chi connectivity index (χ0v) is 14.1. The van der Waals surface area contributed by atoms with Crippen molar-refractivity contribution in [3.8, 4) is 0 Å². The summed E-state index contributed by atoms with van der Waals surface area (Å²) in [7, 11) is 0. The van der Waals surface area contributed by atoms with Gasteiger partial charge in [0, 0.05) is 5.92 Å². The zero-order valence-electron chi connectivity index (χ0n) is 13.3. The molecule has 3 heterocycles.